The van der Waals surface area contributed by atoms with E-state index < -0.39 is 0 Å². The van der Waals surface area contributed by atoms with Gasteiger partial charge in [-0.05, 0) is 75.2 Å². The van der Waals surface area contributed by atoms with Gasteiger partial charge in [0.25, 0.3) is 0 Å². The van der Waals surface area contributed by atoms with Crippen LogP contribution in [0.3, 0.4) is 0 Å². The fraction of sp³-hybridized carbons (Fsp3) is 0.423. The number of hydrogen-bond acceptors (Lipinski definition) is 4. The van der Waals surface area contributed by atoms with E-state index in [4.69, 9.17) is 0 Å². The third-order valence-corrected chi connectivity index (χ3v) is 6.35. The Labute approximate surface area is 200 Å². The molecule has 0 spiro atoms. The molecule has 2 aromatic carbocycles. The quantitative estimate of drug-likeness (QED) is 0.621. The van der Waals surface area contributed by atoms with Crippen molar-refractivity contribution in [2.45, 2.75) is 39.2 Å². The highest BCUT2D eigenvalue weighted by molar-refractivity contribution is 5.96. The highest BCUT2D eigenvalue weighted by Crippen LogP contribution is 2.22. The van der Waals surface area contributed by atoms with Crippen LogP contribution in [-0.4, -0.2) is 60.2 Å². The van der Waals surface area contributed by atoms with Gasteiger partial charge in [0.15, 0.2) is 0 Å². The van der Waals surface area contributed by atoms with Crippen molar-refractivity contribution in [2.24, 2.45) is 5.92 Å². The third-order valence-electron chi connectivity index (χ3n) is 6.35. The summed E-state index contributed by atoms with van der Waals surface area (Å²) in [6.45, 7) is 5.05. The highest BCUT2D eigenvalue weighted by atomic mass is 19.1. The molecule has 2 aromatic rings. The number of anilines is 2. The molecule has 1 atom stereocenters. The van der Waals surface area contributed by atoms with E-state index >= 15 is 0 Å². The second kappa shape index (κ2) is 11.7. The molecule has 7 nitrogen and oxygen atoms in total. The minimum atomic E-state index is -0.387. The first-order valence-electron chi connectivity index (χ1n) is 11.7. The van der Waals surface area contributed by atoms with Gasteiger partial charge in [-0.2, -0.15) is 0 Å². The lowest BCUT2D eigenvalue weighted by molar-refractivity contribution is -0.138. The number of piperidine rings is 1. The van der Waals surface area contributed by atoms with E-state index in [1.165, 1.54) is 29.2 Å². The van der Waals surface area contributed by atoms with Gasteiger partial charge in [-0.1, -0.05) is 25.1 Å². The number of nitrogens with one attached hydrogen (secondary N) is 2. The Kier molecular flexibility index (Phi) is 8.76. The zero-order chi connectivity index (χ0) is 24.7. The number of aryl methyl sites for hydroxylation is 1. The summed E-state index contributed by atoms with van der Waals surface area (Å²) in [6.07, 6.45) is 2.06. The summed E-state index contributed by atoms with van der Waals surface area (Å²) in [5.41, 5.74) is 2.38. The van der Waals surface area contributed by atoms with Crippen molar-refractivity contribution in [1.29, 1.82) is 0 Å². The Balaban J connectivity index is 1.46. The summed E-state index contributed by atoms with van der Waals surface area (Å²) >= 11 is 0. The van der Waals surface area contributed by atoms with Crippen LogP contribution in [0.2, 0.25) is 0 Å². The first-order chi connectivity index (χ1) is 16.3. The van der Waals surface area contributed by atoms with E-state index in [0.717, 1.165) is 17.7 Å². The molecule has 0 aliphatic carbocycles. The molecular weight excluding hydrogens is 435 g/mol. The molecule has 8 heteroatoms. The van der Waals surface area contributed by atoms with Crippen LogP contribution >= 0.6 is 0 Å². The molecule has 182 valence electrons. The standard InChI is InChI=1S/C26H33FN4O3/c1-4-19-7-5-6-8-23(19)29-24(32)17-30(3)26(34)18(2)31-15-13-20(14-16-31)25(33)28-22-11-9-21(27)10-12-22/h5-12,18,20H,4,13-17H2,1-3H3,(H,28,33)(H,29,32). The first-order valence-corrected chi connectivity index (χ1v) is 11.7. The maximum Gasteiger partial charge on any atom is 0.243 e. The predicted octanol–water partition coefficient (Wildman–Crippen LogP) is 3.52. The number of amides is 3. The molecule has 1 aliphatic heterocycles. The maximum atomic E-state index is 13.0. The third kappa shape index (κ3) is 6.63. The molecule has 3 amide bonds. The van der Waals surface area contributed by atoms with Crippen LogP contribution in [0.1, 0.15) is 32.3 Å². The van der Waals surface area contributed by atoms with Crippen LogP contribution in [0.15, 0.2) is 48.5 Å². The highest BCUT2D eigenvalue weighted by Gasteiger charge is 2.31. The summed E-state index contributed by atoms with van der Waals surface area (Å²) in [4.78, 5) is 41.5. The van der Waals surface area contributed by atoms with Gasteiger partial charge in [0.2, 0.25) is 17.7 Å². The Morgan fingerprint density at radius 3 is 2.35 bits per heavy atom. The van der Waals surface area contributed by atoms with Gasteiger partial charge in [0.05, 0.1) is 12.6 Å². The maximum absolute atomic E-state index is 13.0. The van der Waals surface area contributed by atoms with Crippen molar-refractivity contribution in [3.63, 3.8) is 0 Å². The molecule has 1 unspecified atom stereocenters. The van der Waals surface area contributed by atoms with Gasteiger partial charge in [-0.25, -0.2) is 4.39 Å². The topological polar surface area (TPSA) is 81.8 Å². The van der Waals surface area contributed by atoms with E-state index in [-0.39, 0.29) is 42.0 Å². The average molecular weight is 469 g/mol. The Morgan fingerprint density at radius 2 is 1.71 bits per heavy atom. The second-order valence-electron chi connectivity index (χ2n) is 8.74. The van der Waals surface area contributed by atoms with Gasteiger partial charge in [-0.15, -0.1) is 0 Å². The molecule has 1 aliphatic rings. The SMILES string of the molecule is CCc1ccccc1NC(=O)CN(C)C(=O)C(C)N1CCC(C(=O)Nc2ccc(F)cc2)CC1. The monoisotopic (exact) mass is 468 g/mol. The number of para-hydroxylation sites is 1. The Bertz CT molecular complexity index is 1000. The van der Waals surface area contributed by atoms with Gasteiger partial charge in [-0.3, -0.25) is 19.3 Å². The van der Waals surface area contributed by atoms with Gasteiger partial charge >= 0.3 is 0 Å². The molecule has 3 rings (SSSR count). The molecule has 34 heavy (non-hydrogen) atoms. The molecule has 2 N–H and O–H groups in total. The largest absolute Gasteiger partial charge is 0.335 e. The zero-order valence-electron chi connectivity index (χ0n) is 20.0. The fourth-order valence-corrected chi connectivity index (χ4v) is 4.24. The van der Waals surface area contributed by atoms with E-state index in [1.54, 1.807) is 7.05 Å². The van der Waals surface area contributed by atoms with E-state index in [9.17, 15) is 18.8 Å². The van der Waals surface area contributed by atoms with Crippen molar-refractivity contribution in [2.75, 3.05) is 37.3 Å². The van der Waals surface area contributed by atoms with Crippen LogP contribution in [0.4, 0.5) is 15.8 Å². The van der Waals surface area contributed by atoms with E-state index in [1.807, 2.05) is 43.0 Å². The van der Waals surface area contributed by atoms with Crippen LogP contribution in [-0.2, 0) is 20.8 Å². The van der Waals surface area contributed by atoms with Crippen molar-refractivity contribution >= 4 is 29.1 Å². The minimum Gasteiger partial charge on any atom is -0.335 e. The van der Waals surface area contributed by atoms with Crippen LogP contribution < -0.4 is 10.6 Å². The van der Waals surface area contributed by atoms with Crippen molar-refractivity contribution < 1.29 is 18.8 Å². The number of rotatable bonds is 8. The lowest BCUT2D eigenvalue weighted by Crippen LogP contribution is -2.50. The smallest absolute Gasteiger partial charge is 0.243 e. The minimum absolute atomic E-state index is 0.0300. The second-order valence-corrected chi connectivity index (χ2v) is 8.74. The number of nitrogens with zero attached hydrogens (tertiary/aromatic N) is 2. The molecule has 0 radical (unpaired) electrons. The van der Waals surface area contributed by atoms with Crippen LogP contribution in [0, 0.1) is 11.7 Å². The lowest BCUT2D eigenvalue weighted by atomic mass is 9.94. The molecular formula is C26H33FN4O3. The van der Waals surface area contributed by atoms with Gasteiger partial charge in [0.1, 0.15) is 5.82 Å². The summed E-state index contributed by atoms with van der Waals surface area (Å²) in [7, 11) is 1.63. The van der Waals surface area contributed by atoms with Gasteiger partial charge < -0.3 is 15.5 Å². The fourth-order valence-electron chi connectivity index (χ4n) is 4.24. The number of carbonyl (C=O) groups excluding carboxylic acids is 3. The summed E-state index contributed by atoms with van der Waals surface area (Å²) < 4.78 is 13.0. The van der Waals surface area contributed by atoms with Crippen molar-refractivity contribution in [3.05, 3.63) is 59.9 Å². The van der Waals surface area contributed by atoms with E-state index in [2.05, 4.69) is 10.6 Å². The van der Waals surface area contributed by atoms with Gasteiger partial charge in [0, 0.05) is 24.3 Å². The summed E-state index contributed by atoms with van der Waals surface area (Å²) in [5.74, 6) is -0.969. The van der Waals surface area contributed by atoms with Crippen molar-refractivity contribution in [3.8, 4) is 0 Å². The van der Waals surface area contributed by atoms with Crippen molar-refractivity contribution in [1.82, 2.24) is 9.80 Å². The Morgan fingerprint density at radius 1 is 1.06 bits per heavy atom. The molecule has 0 aromatic heterocycles. The van der Waals surface area contributed by atoms with Crippen LogP contribution in [0.25, 0.3) is 0 Å². The molecule has 1 heterocycles. The Hall–Kier alpha value is -3.26. The summed E-state index contributed by atoms with van der Waals surface area (Å²) in [5, 5.41) is 5.73. The number of likely N-dealkylation sites (N-methyl/N-ethyl adjacent to an activating group) is 1. The molecule has 0 saturated carbocycles. The van der Waals surface area contributed by atoms with Crippen LogP contribution in [0.5, 0.6) is 0 Å². The molecule has 0 bridgehead atoms. The zero-order valence-corrected chi connectivity index (χ0v) is 20.0. The first kappa shape index (κ1) is 25.4. The number of hydrogen-bond donors (Lipinski definition) is 2. The van der Waals surface area contributed by atoms with E-state index in [0.29, 0.717) is 31.6 Å². The predicted molar refractivity (Wildman–Crippen MR) is 131 cm³/mol. The number of benzene rings is 2. The lowest BCUT2D eigenvalue weighted by Gasteiger charge is -2.36. The number of halogens is 1. The molecule has 1 fully saturated rings. The molecule has 1 saturated heterocycles. The summed E-state index contributed by atoms with van der Waals surface area (Å²) in [6, 6.07) is 12.9. The average Bonchev–Trinajstić information content (AvgIpc) is 2.84. The normalized spacial score (nSPS) is 15.4. The number of likely N-dealkylation sites (tertiary alicyclic amines) is 1. The number of carbonyl (C=O) groups is 3.